The first-order valence-corrected chi connectivity index (χ1v) is 11.2. The third-order valence-corrected chi connectivity index (χ3v) is 5.94. The number of thioether (sulfide) groups is 1. The van der Waals surface area contributed by atoms with Gasteiger partial charge in [0, 0.05) is 24.6 Å². The number of carbonyl (C=O) groups is 1. The van der Waals surface area contributed by atoms with E-state index in [-0.39, 0.29) is 23.1 Å². The molecule has 2 heterocycles. The number of carbonyl (C=O) groups excluding carboxylic acids is 1. The Balaban J connectivity index is 1.27. The van der Waals surface area contributed by atoms with Crippen LogP contribution in [-0.2, 0) is 17.1 Å². The summed E-state index contributed by atoms with van der Waals surface area (Å²) < 4.78 is 6.92. The van der Waals surface area contributed by atoms with Gasteiger partial charge in [-0.25, -0.2) is 9.97 Å². The lowest BCUT2D eigenvalue weighted by Crippen LogP contribution is -2.24. The van der Waals surface area contributed by atoms with Crippen LogP contribution < -0.4 is 10.1 Å². The molecule has 33 heavy (non-hydrogen) atoms. The van der Waals surface area contributed by atoms with Crippen LogP contribution in [-0.4, -0.2) is 38.2 Å². The van der Waals surface area contributed by atoms with Gasteiger partial charge in [0.05, 0.1) is 28.8 Å². The number of rotatable bonds is 9. The summed E-state index contributed by atoms with van der Waals surface area (Å²) >= 11 is 1.38. The van der Waals surface area contributed by atoms with E-state index in [1.807, 2.05) is 41.0 Å². The van der Waals surface area contributed by atoms with Gasteiger partial charge in [-0.15, -0.1) is 11.8 Å². The highest BCUT2D eigenvalue weighted by Gasteiger charge is 2.15. The van der Waals surface area contributed by atoms with E-state index in [0.29, 0.717) is 12.3 Å². The number of nitro groups is 1. The third kappa shape index (κ3) is 5.29. The molecular formula is C23H21N5O4S. The predicted octanol–water partition coefficient (Wildman–Crippen LogP) is 3.89. The highest BCUT2D eigenvalue weighted by atomic mass is 32.2. The predicted molar refractivity (Wildman–Crippen MR) is 127 cm³/mol. The number of benzene rings is 2. The van der Waals surface area contributed by atoms with Crippen molar-refractivity contribution in [2.45, 2.75) is 12.3 Å². The number of fused-ring (bicyclic) bond motifs is 1. The molecule has 0 bridgehead atoms. The van der Waals surface area contributed by atoms with E-state index in [1.54, 1.807) is 24.7 Å². The van der Waals surface area contributed by atoms with Crippen molar-refractivity contribution < 1.29 is 14.5 Å². The zero-order chi connectivity index (χ0) is 23.2. The van der Waals surface area contributed by atoms with Crippen molar-refractivity contribution in [2.75, 3.05) is 12.9 Å². The van der Waals surface area contributed by atoms with Crippen molar-refractivity contribution in [1.82, 2.24) is 19.9 Å². The standard InChI is InChI=1S/C23H21N5O4S/c1-32-21-8-6-16(10-20(21)28(30)31)13-33-14-23(29)25-12-17-7-9-22(24-11-17)27-15-26-18-4-2-3-5-19(18)27/h2-11,15H,12-14H2,1H3,(H,25,29). The summed E-state index contributed by atoms with van der Waals surface area (Å²) in [5.74, 6) is 1.57. The molecule has 0 saturated carbocycles. The van der Waals surface area contributed by atoms with Crippen LogP contribution in [0.15, 0.2) is 67.1 Å². The van der Waals surface area contributed by atoms with Gasteiger partial charge >= 0.3 is 5.69 Å². The molecule has 0 aliphatic rings. The minimum atomic E-state index is -0.478. The number of imidazole rings is 1. The van der Waals surface area contributed by atoms with Crippen molar-refractivity contribution in [2.24, 2.45) is 0 Å². The van der Waals surface area contributed by atoms with Crippen molar-refractivity contribution in [3.63, 3.8) is 0 Å². The van der Waals surface area contributed by atoms with Crippen LogP contribution in [0.2, 0.25) is 0 Å². The Bertz CT molecular complexity index is 1290. The molecule has 0 aliphatic carbocycles. The number of hydrogen-bond donors (Lipinski definition) is 1. The van der Waals surface area contributed by atoms with Crippen LogP contribution in [0.3, 0.4) is 0 Å². The summed E-state index contributed by atoms with van der Waals surface area (Å²) in [6.07, 6.45) is 3.47. The maximum atomic E-state index is 12.2. The van der Waals surface area contributed by atoms with E-state index in [1.165, 1.54) is 24.9 Å². The van der Waals surface area contributed by atoms with E-state index in [2.05, 4.69) is 15.3 Å². The number of para-hydroxylation sites is 2. The lowest BCUT2D eigenvalue weighted by Gasteiger charge is -2.08. The molecule has 4 rings (SSSR count). The van der Waals surface area contributed by atoms with Crippen molar-refractivity contribution in [3.8, 4) is 11.6 Å². The van der Waals surface area contributed by atoms with Crippen LogP contribution in [0, 0.1) is 10.1 Å². The number of nitro benzene ring substituents is 1. The molecule has 2 aromatic heterocycles. The Hall–Kier alpha value is -3.92. The quantitative estimate of drug-likeness (QED) is 0.296. The van der Waals surface area contributed by atoms with Gasteiger partial charge in [-0.3, -0.25) is 19.5 Å². The van der Waals surface area contributed by atoms with Crippen molar-refractivity contribution >= 4 is 34.4 Å². The molecule has 0 atom stereocenters. The smallest absolute Gasteiger partial charge is 0.311 e. The first-order valence-electron chi connectivity index (χ1n) is 10.1. The first-order chi connectivity index (χ1) is 16.0. The van der Waals surface area contributed by atoms with E-state index in [0.717, 1.165) is 28.0 Å². The first kappa shape index (κ1) is 22.3. The third-order valence-electron chi connectivity index (χ3n) is 4.94. The van der Waals surface area contributed by atoms with Crippen molar-refractivity contribution in [3.05, 3.63) is 88.4 Å². The molecule has 2 aromatic carbocycles. The van der Waals surface area contributed by atoms with Gasteiger partial charge in [-0.2, -0.15) is 0 Å². The summed E-state index contributed by atoms with van der Waals surface area (Å²) in [6.45, 7) is 0.366. The van der Waals surface area contributed by atoms with Crippen LogP contribution in [0.5, 0.6) is 5.75 Å². The summed E-state index contributed by atoms with van der Waals surface area (Å²) in [5.41, 5.74) is 3.43. The molecule has 0 saturated heterocycles. The molecule has 0 radical (unpaired) electrons. The van der Waals surface area contributed by atoms with Gasteiger partial charge < -0.3 is 10.1 Å². The molecule has 1 N–H and O–H groups in total. The highest BCUT2D eigenvalue weighted by molar-refractivity contribution is 7.99. The summed E-state index contributed by atoms with van der Waals surface area (Å²) in [7, 11) is 1.39. The van der Waals surface area contributed by atoms with Crippen LogP contribution in [0.1, 0.15) is 11.1 Å². The second kappa shape index (κ2) is 10.1. The molecule has 0 unspecified atom stereocenters. The van der Waals surface area contributed by atoms with Gasteiger partial charge in [0.2, 0.25) is 5.91 Å². The molecule has 1 amide bonds. The number of nitrogens with zero attached hydrogens (tertiary/aromatic N) is 4. The average molecular weight is 464 g/mol. The van der Waals surface area contributed by atoms with Crippen LogP contribution >= 0.6 is 11.8 Å². The molecule has 9 nitrogen and oxygen atoms in total. The fourth-order valence-electron chi connectivity index (χ4n) is 3.29. The fraction of sp³-hybridized carbons (Fsp3) is 0.174. The highest BCUT2D eigenvalue weighted by Crippen LogP contribution is 2.29. The largest absolute Gasteiger partial charge is 0.490 e. The molecule has 4 aromatic rings. The second-order valence-electron chi connectivity index (χ2n) is 7.16. The van der Waals surface area contributed by atoms with Gasteiger partial charge in [0.1, 0.15) is 12.1 Å². The number of hydrogen-bond acceptors (Lipinski definition) is 7. The maximum Gasteiger partial charge on any atom is 0.311 e. The SMILES string of the molecule is COc1ccc(CSCC(=O)NCc2ccc(-n3cnc4ccccc43)nc2)cc1[N+](=O)[O-]. The topological polar surface area (TPSA) is 112 Å². The van der Waals surface area contributed by atoms with Crippen molar-refractivity contribution in [1.29, 1.82) is 0 Å². The molecule has 0 aliphatic heterocycles. The number of ether oxygens (including phenoxy) is 1. The Morgan fingerprint density at radius 2 is 1.97 bits per heavy atom. The lowest BCUT2D eigenvalue weighted by molar-refractivity contribution is -0.385. The van der Waals surface area contributed by atoms with E-state index in [9.17, 15) is 14.9 Å². The van der Waals surface area contributed by atoms with Gasteiger partial charge in [-0.1, -0.05) is 24.3 Å². The lowest BCUT2D eigenvalue weighted by atomic mass is 10.2. The number of nitrogens with one attached hydrogen (secondary N) is 1. The number of methoxy groups -OCH3 is 1. The van der Waals surface area contributed by atoms with Gasteiger partial charge in [-0.05, 0) is 35.4 Å². The van der Waals surface area contributed by atoms with Crippen LogP contribution in [0.25, 0.3) is 16.9 Å². The molecule has 0 spiro atoms. The normalized spacial score (nSPS) is 10.8. The minimum Gasteiger partial charge on any atom is -0.490 e. The summed E-state index contributed by atoms with van der Waals surface area (Å²) in [4.78, 5) is 31.7. The number of pyridine rings is 1. The Labute approximate surface area is 194 Å². The number of amides is 1. The molecule has 168 valence electrons. The van der Waals surface area contributed by atoms with E-state index < -0.39 is 4.92 Å². The Morgan fingerprint density at radius 3 is 2.73 bits per heavy atom. The summed E-state index contributed by atoms with van der Waals surface area (Å²) in [5, 5.41) is 14.0. The maximum absolute atomic E-state index is 12.2. The average Bonchev–Trinajstić information content (AvgIpc) is 3.27. The zero-order valence-corrected chi connectivity index (χ0v) is 18.6. The second-order valence-corrected chi connectivity index (χ2v) is 8.15. The van der Waals surface area contributed by atoms with Gasteiger partial charge in [0.25, 0.3) is 0 Å². The zero-order valence-electron chi connectivity index (χ0n) is 17.8. The van der Waals surface area contributed by atoms with Gasteiger partial charge in [0.15, 0.2) is 5.75 Å². The molecule has 10 heteroatoms. The molecule has 0 fully saturated rings. The van der Waals surface area contributed by atoms with E-state index in [4.69, 9.17) is 4.74 Å². The minimum absolute atomic E-state index is 0.0836. The summed E-state index contributed by atoms with van der Waals surface area (Å²) in [6, 6.07) is 16.4. The Morgan fingerprint density at radius 1 is 1.15 bits per heavy atom. The molecular weight excluding hydrogens is 442 g/mol. The number of aromatic nitrogens is 3. The monoisotopic (exact) mass is 463 g/mol. The fourth-order valence-corrected chi connectivity index (χ4v) is 4.09. The Kier molecular flexibility index (Phi) is 6.84. The van der Waals surface area contributed by atoms with E-state index >= 15 is 0 Å². The van der Waals surface area contributed by atoms with Crippen LogP contribution in [0.4, 0.5) is 5.69 Å².